The highest BCUT2D eigenvalue weighted by molar-refractivity contribution is 5.86. The quantitative estimate of drug-likeness (QED) is 0.784. The van der Waals surface area contributed by atoms with E-state index in [0.29, 0.717) is 5.56 Å². The molecule has 2 aromatic rings. The summed E-state index contributed by atoms with van der Waals surface area (Å²) >= 11 is 0. The number of esters is 1. The van der Waals surface area contributed by atoms with Gasteiger partial charge in [0.25, 0.3) is 0 Å². The Bertz CT molecular complexity index is 564. The number of hydrogen-bond acceptors (Lipinski definition) is 5. The van der Waals surface area contributed by atoms with Crippen LogP contribution in [0.25, 0.3) is 10.8 Å². The number of rotatable bonds is 3. The third kappa shape index (κ3) is 2.18. The summed E-state index contributed by atoms with van der Waals surface area (Å²) < 4.78 is 4.41. The lowest BCUT2D eigenvalue weighted by atomic mass is 9.98. The van der Waals surface area contributed by atoms with E-state index in [2.05, 4.69) is 9.72 Å². The van der Waals surface area contributed by atoms with Crippen LogP contribution in [0.15, 0.2) is 36.7 Å². The van der Waals surface area contributed by atoms with Crippen molar-refractivity contribution in [3.8, 4) is 0 Å². The first-order valence-electron chi connectivity index (χ1n) is 5.41. The molecular formula is C13H13NO4. The van der Waals surface area contributed by atoms with Gasteiger partial charge >= 0.3 is 5.97 Å². The van der Waals surface area contributed by atoms with Gasteiger partial charge in [0.2, 0.25) is 0 Å². The maximum Gasteiger partial charge on any atom is 0.337 e. The summed E-state index contributed by atoms with van der Waals surface area (Å²) in [6, 6.07) is 6.94. The van der Waals surface area contributed by atoms with Gasteiger partial charge in [-0.05, 0) is 17.0 Å². The second kappa shape index (κ2) is 5.12. The lowest BCUT2D eigenvalue weighted by Crippen LogP contribution is -2.29. The van der Waals surface area contributed by atoms with Gasteiger partial charge in [-0.3, -0.25) is 4.98 Å². The summed E-state index contributed by atoms with van der Waals surface area (Å²) in [5.74, 6) is -0.867. The molecule has 94 valence electrons. The predicted molar refractivity (Wildman–Crippen MR) is 64.7 cm³/mol. The fourth-order valence-corrected chi connectivity index (χ4v) is 1.83. The number of hydrogen-bond donors (Lipinski definition) is 2. The van der Waals surface area contributed by atoms with Crippen molar-refractivity contribution in [2.45, 2.75) is 12.2 Å². The van der Waals surface area contributed by atoms with Crippen LogP contribution in [-0.2, 0) is 9.53 Å². The van der Waals surface area contributed by atoms with Crippen LogP contribution < -0.4 is 0 Å². The molecule has 2 rings (SSSR count). The molecule has 1 aromatic heterocycles. The molecule has 0 aliphatic heterocycles. The molecule has 1 aromatic carbocycles. The summed E-state index contributed by atoms with van der Waals surface area (Å²) in [6.07, 6.45) is 0.302. The predicted octanol–water partition coefficient (Wildman–Crippen LogP) is 0.802. The van der Waals surface area contributed by atoms with Crippen molar-refractivity contribution in [3.05, 3.63) is 42.2 Å². The summed E-state index contributed by atoms with van der Waals surface area (Å²) in [5, 5.41) is 21.2. The number of pyridine rings is 1. The molecule has 0 aliphatic carbocycles. The zero-order valence-corrected chi connectivity index (χ0v) is 9.78. The molecule has 0 bridgehead atoms. The average molecular weight is 247 g/mol. The molecule has 0 saturated carbocycles. The Kier molecular flexibility index (Phi) is 3.55. The Balaban J connectivity index is 2.44. The maximum absolute atomic E-state index is 11.2. The molecule has 0 spiro atoms. The zero-order valence-electron chi connectivity index (χ0n) is 9.78. The fraction of sp³-hybridized carbons (Fsp3) is 0.231. The molecule has 0 amide bonds. The lowest BCUT2D eigenvalue weighted by Gasteiger charge is -2.17. The summed E-state index contributed by atoms with van der Waals surface area (Å²) in [7, 11) is 1.16. The van der Waals surface area contributed by atoms with Gasteiger partial charge in [-0.2, -0.15) is 0 Å². The number of carbonyl (C=O) groups is 1. The number of nitrogens with zero attached hydrogens (tertiary/aromatic N) is 1. The van der Waals surface area contributed by atoms with E-state index >= 15 is 0 Å². The first kappa shape index (κ1) is 12.5. The van der Waals surface area contributed by atoms with Gasteiger partial charge in [-0.1, -0.05) is 18.2 Å². The second-order valence-electron chi connectivity index (χ2n) is 3.86. The zero-order chi connectivity index (χ0) is 13.1. The van der Waals surface area contributed by atoms with E-state index in [-0.39, 0.29) is 0 Å². The SMILES string of the molecule is COC(=O)C(O)C(O)c1cccc2cnccc12. The van der Waals surface area contributed by atoms with Crippen LogP contribution in [-0.4, -0.2) is 34.4 Å². The Labute approximate surface area is 104 Å². The number of fused-ring (bicyclic) bond motifs is 1. The van der Waals surface area contributed by atoms with E-state index < -0.39 is 18.2 Å². The van der Waals surface area contributed by atoms with Gasteiger partial charge in [0.15, 0.2) is 6.10 Å². The van der Waals surface area contributed by atoms with Crippen molar-refractivity contribution in [1.82, 2.24) is 4.98 Å². The van der Waals surface area contributed by atoms with E-state index in [1.165, 1.54) is 0 Å². The van der Waals surface area contributed by atoms with Crippen LogP contribution in [0.5, 0.6) is 0 Å². The number of aromatic nitrogens is 1. The van der Waals surface area contributed by atoms with Crippen LogP contribution >= 0.6 is 0 Å². The molecule has 2 atom stereocenters. The van der Waals surface area contributed by atoms with Crippen LogP contribution in [0.3, 0.4) is 0 Å². The normalized spacial score (nSPS) is 14.2. The van der Waals surface area contributed by atoms with Crippen LogP contribution in [0.4, 0.5) is 0 Å². The molecule has 2 unspecified atom stereocenters. The highest BCUT2D eigenvalue weighted by Crippen LogP contribution is 2.26. The van der Waals surface area contributed by atoms with Crippen molar-refractivity contribution in [1.29, 1.82) is 0 Å². The number of aliphatic hydroxyl groups excluding tert-OH is 2. The molecule has 0 aliphatic rings. The molecule has 0 fully saturated rings. The molecule has 5 heteroatoms. The van der Waals surface area contributed by atoms with Crippen LogP contribution in [0, 0.1) is 0 Å². The molecule has 1 heterocycles. The minimum absolute atomic E-state index is 0.466. The largest absolute Gasteiger partial charge is 0.467 e. The summed E-state index contributed by atoms with van der Waals surface area (Å²) in [5.41, 5.74) is 0.466. The number of methoxy groups -OCH3 is 1. The van der Waals surface area contributed by atoms with Crippen LogP contribution in [0.2, 0.25) is 0 Å². The molecule has 0 saturated heterocycles. The van der Waals surface area contributed by atoms with Gasteiger partial charge in [-0.25, -0.2) is 4.79 Å². The lowest BCUT2D eigenvalue weighted by molar-refractivity contribution is -0.156. The number of carbonyl (C=O) groups excluding carboxylic acids is 1. The third-order valence-corrected chi connectivity index (χ3v) is 2.77. The Morgan fingerprint density at radius 3 is 2.83 bits per heavy atom. The molecule has 2 N–H and O–H groups in total. The summed E-state index contributed by atoms with van der Waals surface area (Å²) in [6.45, 7) is 0. The number of benzene rings is 1. The molecule has 18 heavy (non-hydrogen) atoms. The molecule has 0 radical (unpaired) electrons. The van der Waals surface area contributed by atoms with E-state index in [9.17, 15) is 15.0 Å². The number of aliphatic hydroxyl groups is 2. The maximum atomic E-state index is 11.2. The van der Waals surface area contributed by atoms with E-state index in [1.54, 1.807) is 30.6 Å². The van der Waals surface area contributed by atoms with Crippen molar-refractivity contribution >= 4 is 16.7 Å². The number of ether oxygens (including phenoxy) is 1. The molecule has 5 nitrogen and oxygen atoms in total. The van der Waals surface area contributed by atoms with E-state index in [1.807, 2.05) is 6.07 Å². The Morgan fingerprint density at radius 2 is 2.11 bits per heavy atom. The first-order valence-corrected chi connectivity index (χ1v) is 5.41. The summed E-state index contributed by atoms with van der Waals surface area (Å²) in [4.78, 5) is 15.2. The van der Waals surface area contributed by atoms with E-state index in [0.717, 1.165) is 17.9 Å². The van der Waals surface area contributed by atoms with Crippen LogP contribution in [0.1, 0.15) is 11.7 Å². The standard InChI is InChI=1S/C13H13NO4/c1-18-13(17)12(16)11(15)10-4-2-3-8-7-14-6-5-9(8)10/h2-7,11-12,15-16H,1H3. The first-order chi connectivity index (χ1) is 8.65. The van der Waals surface area contributed by atoms with Gasteiger partial charge in [0.1, 0.15) is 6.10 Å². The van der Waals surface area contributed by atoms with Gasteiger partial charge in [0.05, 0.1) is 7.11 Å². The minimum Gasteiger partial charge on any atom is -0.467 e. The topological polar surface area (TPSA) is 79.7 Å². The van der Waals surface area contributed by atoms with Gasteiger partial charge in [0, 0.05) is 17.8 Å². The smallest absolute Gasteiger partial charge is 0.337 e. The average Bonchev–Trinajstić information content (AvgIpc) is 2.44. The van der Waals surface area contributed by atoms with Gasteiger partial charge in [-0.15, -0.1) is 0 Å². The fourth-order valence-electron chi connectivity index (χ4n) is 1.83. The van der Waals surface area contributed by atoms with E-state index in [4.69, 9.17) is 0 Å². The van der Waals surface area contributed by atoms with Crippen molar-refractivity contribution < 1.29 is 19.7 Å². The monoisotopic (exact) mass is 247 g/mol. The highest BCUT2D eigenvalue weighted by Gasteiger charge is 2.27. The third-order valence-electron chi connectivity index (χ3n) is 2.77. The second-order valence-corrected chi connectivity index (χ2v) is 3.86. The van der Waals surface area contributed by atoms with Gasteiger partial charge < -0.3 is 14.9 Å². The highest BCUT2D eigenvalue weighted by atomic mass is 16.5. The Hall–Kier alpha value is -1.98. The van der Waals surface area contributed by atoms with Crippen molar-refractivity contribution in [3.63, 3.8) is 0 Å². The van der Waals surface area contributed by atoms with Crippen molar-refractivity contribution in [2.24, 2.45) is 0 Å². The van der Waals surface area contributed by atoms with Crippen molar-refractivity contribution in [2.75, 3.05) is 7.11 Å². The molecular weight excluding hydrogens is 234 g/mol. The minimum atomic E-state index is -1.60. The Morgan fingerprint density at radius 1 is 1.33 bits per heavy atom.